The molecule has 5 rings (SSSR count). The average molecular weight is 285 g/mol. The van der Waals surface area contributed by atoms with Crippen LogP contribution in [0.1, 0.15) is 44.1 Å². The van der Waals surface area contributed by atoms with Crippen molar-refractivity contribution in [2.24, 2.45) is 17.8 Å². The van der Waals surface area contributed by atoms with Gasteiger partial charge in [0.15, 0.2) is 0 Å². The molecule has 4 bridgehead atoms. The van der Waals surface area contributed by atoms with Crippen LogP contribution < -0.4 is 4.74 Å². The minimum absolute atomic E-state index is 0.509. The van der Waals surface area contributed by atoms with Crippen molar-refractivity contribution in [2.75, 3.05) is 14.2 Å². The lowest BCUT2D eigenvalue weighted by atomic mass is 9.52. The maximum absolute atomic E-state index is 5.26. The topological polar surface area (TPSA) is 12.5 Å². The second-order valence-corrected chi connectivity index (χ2v) is 7.85. The van der Waals surface area contributed by atoms with Gasteiger partial charge in [-0.25, -0.2) is 0 Å². The van der Waals surface area contributed by atoms with Crippen LogP contribution in [0.2, 0.25) is 0 Å². The summed E-state index contributed by atoms with van der Waals surface area (Å²) in [6.45, 7) is 1.08. The van der Waals surface area contributed by atoms with Crippen LogP contribution in [0.15, 0.2) is 24.3 Å². The van der Waals surface area contributed by atoms with Gasteiger partial charge in [-0.15, -0.1) is 0 Å². The Morgan fingerprint density at radius 1 is 1.00 bits per heavy atom. The molecule has 0 radical (unpaired) electrons. The molecule has 0 atom stereocenters. The number of methoxy groups -OCH3 is 1. The van der Waals surface area contributed by atoms with Gasteiger partial charge in [-0.2, -0.15) is 0 Å². The molecule has 0 N–H and O–H groups in total. The summed E-state index contributed by atoms with van der Waals surface area (Å²) in [6.07, 6.45) is 8.92. The lowest BCUT2D eigenvalue weighted by molar-refractivity contribution is -0.0822. The van der Waals surface area contributed by atoms with E-state index in [0.717, 1.165) is 30.0 Å². The van der Waals surface area contributed by atoms with Gasteiger partial charge < -0.3 is 4.74 Å². The van der Waals surface area contributed by atoms with Gasteiger partial charge in [-0.1, -0.05) is 12.1 Å². The van der Waals surface area contributed by atoms with E-state index in [0.29, 0.717) is 5.54 Å². The smallest absolute Gasteiger partial charge is 0.118 e. The van der Waals surface area contributed by atoms with Gasteiger partial charge in [0.1, 0.15) is 5.75 Å². The molecule has 0 amide bonds. The van der Waals surface area contributed by atoms with Crippen LogP contribution >= 0.6 is 0 Å². The third kappa shape index (κ3) is 2.38. The van der Waals surface area contributed by atoms with E-state index in [9.17, 15) is 0 Å². The van der Waals surface area contributed by atoms with E-state index in [-0.39, 0.29) is 0 Å². The Morgan fingerprint density at radius 3 is 2.00 bits per heavy atom. The highest BCUT2D eigenvalue weighted by molar-refractivity contribution is 5.27. The van der Waals surface area contributed by atoms with Crippen LogP contribution in [0.3, 0.4) is 0 Å². The molecule has 0 saturated heterocycles. The number of ether oxygens (including phenoxy) is 1. The Balaban J connectivity index is 1.50. The van der Waals surface area contributed by atoms with Gasteiger partial charge in [0.25, 0.3) is 0 Å². The van der Waals surface area contributed by atoms with Gasteiger partial charge in [-0.05, 0) is 81.0 Å². The predicted octanol–water partition coefficient (Wildman–Crippen LogP) is 4.10. The van der Waals surface area contributed by atoms with E-state index in [2.05, 4.69) is 36.2 Å². The number of rotatable bonds is 4. The maximum atomic E-state index is 5.26. The summed E-state index contributed by atoms with van der Waals surface area (Å²) < 4.78 is 5.26. The van der Waals surface area contributed by atoms with E-state index in [1.165, 1.54) is 44.1 Å². The molecule has 4 aliphatic rings. The highest BCUT2D eigenvalue weighted by Crippen LogP contribution is 2.57. The number of benzene rings is 1. The number of hydrogen-bond acceptors (Lipinski definition) is 2. The summed E-state index contributed by atoms with van der Waals surface area (Å²) in [6, 6.07) is 8.61. The lowest BCUT2D eigenvalue weighted by Crippen LogP contribution is -2.58. The number of hydrogen-bond donors (Lipinski definition) is 0. The molecule has 4 fully saturated rings. The van der Waals surface area contributed by atoms with Crippen LogP contribution in [0.4, 0.5) is 0 Å². The monoisotopic (exact) mass is 285 g/mol. The van der Waals surface area contributed by atoms with Gasteiger partial charge >= 0.3 is 0 Å². The highest BCUT2D eigenvalue weighted by Gasteiger charge is 2.52. The first-order valence-electron chi connectivity index (χ1n) is 8.51. The molecule has 0 spiro atoms. The SMILES string of the molecule is COc1ccc(CN(C)C23CC4CC(CC(C4)C2)C3)cc1. The fourth-order valence-corrected chi connectivity index (χ4v) is 5.70. The van der Waals surface area contributed by atoms with Crippen molar-refractivity contribution in [1.29, 1.82) is 0 Å². The molecule has 21 heavy (non-hydrogen) atoms. The second kappa shape index (κ2) is 5.01. The minimum Gasteiger partial charge on any atom is -0.497 e. The molecule has 0 aromatic heterocycles. The molecule has 0 heterocycles. The lowest BCUT2D eigenvalue weighted by Gasteiger charge is -2.60. The minimum atomic E-state index is 0.509. The van der Waals surface area contributed by atoms with E-state index >= 15 is 0 Å². The fraction of sp³-hybridized carbons (Fsp3) is 0.684. The molecule has 1 aromatic carbocycles. The summed E-state index contributed by atoms with van der Waals surface area (Å²) in [7, 11) is 4.09. The Hall–Kier alpha value is -1.02. The van der Waals surface area contributed by atoms with Crippen molar-refractivity contribution >= 4 is 0 Å². The standard InChI is InChI=1S/C19H27NO/c1-20(13-14-3-5-18(21-2)6-4-14)19-10-15-7-16(11-19)9-17(8-15)12-19/h3-6,15-17H,7-13H2,1-2H3. The van der Waals surface area contributed by atoms with Crippen molar-refractivity contribution in [1.82, 2.24) is 4.90 Å². The quantitative estimate of drug-likeness (QED) is 0.826. The molecule has 1 aromatic rings. The second-order valence-electron chi connectivity index (χ2n) is 7.85. The Morgan fingerprint density at radius 2 is 1.52 bits per heavy atom. The predicted molar refractivity (Wildman–Crippen MR) is 85.4 cm³/mol. The van der Waals surface area contributed by atoms with E-state index in [1.807, 2.05) is 0 Å². The summed E-state index contributed by atoms with van der Waals surface area (Å²) in [5.74, 6) is 4.02. The molecule has 2 heteroatoms. The first-order valence-corrected chi connectivity index (χ1v) is 8.51. The Kier molecular flexibility index (Phi) is 3.25. The van der Waals surface area contributed by atoms with E-state index in [4.69, 9.17) is 4.74 Å². The van der Waals surface area contributed by atoms with Crippen molar-refractivity contribution in [3.8, 4) is 5.75 Å². The van der Waals surface area contributed by atoms with Crippen LogP contribution in [-0.4, -0.2) is 24.6 Å². The summed E-state index contributed by atoms with van der Waals surface area (Å²) >= 11 is 0. The molecule has 0 aliphatic heterocycles. The zero-order chi connectivity index (χ0) is 14.4. The molecule has 2 nitrogen and oxygen atoms in total. The van der Waals surface area contributed by atoms with Gasteiger partial charge in [0, 0.05) is 12.1 Å². The van der Waals surface area contributed by atoms with Crippen molar-refractivity contribution < 1.29 is 4.74 Å². The first-order chi connectivity index (χ1) is 10.2. The number of nitrogens with zero attached hydrogens (tertiary/aromatic N) is 1. The Labute approximate surface area is 128 Å². The van der Waals surface area contributed by atoms with Crippen molar-refractivity contribution in [2.45, 2.75) is 50.6 Å². The van der Waals surface area contributed by atoms with Gasteiger partial charge in [0.05, 0.1) is 7.11 Å². The molecule has 4 aliphatic carbocycles. The zero-order valence-corrected chi connectivity index (χ0v) is 13.3. The van der Waals surface area contributed by atoms with Crippen LogP contribution in [0, 0.1) is 17.8 Å². The summed E-state index contributed by atoms with van der Waals surface area (Å²) in [5, 5.41) is 0. The van der Waals surface area contributed by atoms with E-state index < -0.39 is 0 Å². The molecule has 4 saturated carbocycles. The first kappa shape index (κ1) is 13.6. The molecular formula is C19H27NO. The van der Waals surface area contributed by atoms with Crippen LogP contribution in [0.5, 0.6) is 5.75 Å². The third-order valence-corrected chi connectivity index (χ3v) is 6.39. The third-order valence-electron chi connectivity index (χ3n) is 6.39. The highest BCUT2D eigenvalue weighted by atomic mass is 16.5. The van der Waals surface area contributed by atoms with Crippen LogP contribution in [-0.2, 0) is 6.54 Å². The normalized spacial score (nSPS) is 37.2. The van der Waals surface area contributed by atoms with Gasteiger partial charge in [0.2, 0.25) is 0 Å². The molecule has 114 valence electrons. The fourth-order valence-electron chi connectivity index (χ4n) is 5.70. The molecule has 0 unspecified atom stereocenters. The maximum Gasteiger partial charge on any atom is 0.118 e. The largest absolute Gasteiger partial charge is 0.497 e. The van der Waals surface area contributed by atoms with Crippen molar-refractivity contribution in [3.63, 3.8) is 0 Å². The van der Waals surface area contributed by atoms with E-state index in [1.54, 1.807) is 7.11 Å². The zero-order valence-electron chi connectivity index (χ0n) is 13.3. The average Bonchev–Trinajstić information content (AvgIpc) is 2.46. The van der Waals surface area contributed by atoms with Gasteiger partial charge in [-0.3, -0.25) is 4.90 Å². The summed E-state index contributed by atoms with van der Waals surface area (Å²) in [4.78, 5) is 2.68. The summed E-state index contributed by atoms with van der Waals surface area (Å²) in [5.41, 5.74) is 1.92. The molecular weight excluding hydrogens is 258 g/mol. The van der Waals surface area contributed by atoms with Crippen molar-refractivity contribution in [3.05, 3.63) is 29.8 Å². The Bertz CT molecular complexity index is 472. The van der Waals surface area contributed by atoms with Crippen LogP contribution in [0.25, 0.3) is 0 Å².